The molecular weight excluding hydrogens is 296 g/mol. The molecule has 0 aromatic carbocycles. The van der Waals surface area contributed by atoms with Crippen molar-refractivity contribution in [2.75, 3.05) is 37.7 Å². The first-order valence-corrected chi connectivity index (χ1v) is 7.77. The Morgan fingerprint density at radius 3 is 2.52 bits per heavy atom. The molecule has 1 amide bonds. The number of carbonyl (C=O) groups excluding carboxylic acids is 2. The van der Waals surface area contributed by atoms with Crippen LogP contribution in [0.5, 0.6) is 0 Å². The summed E-state index contributed by atoms with van der Waals surface area (Å²) in [6.45, 7) is 9.95. The number of hydrogen-bond donors (Lipinski definition) is 1. The predicted octanol–water partition coefficient (Wildman–Crippen LogP) is 0.967. The number of amides is 1. The number of anilines is 1. The monoisotopic (exact) mass is 320 g/mol. The minimum Gasteiger partial charge on any atom is -0.378 e. The van der Waals surface area contributed by atoms with E-state index in [1.807, 2.05) is 32.6 Å². The maximum absolute atomic E-state index is 12.3. The first-order valence-electron chi connectivity index (χ1n) is 7.77. The maximum atomic E-state index is 12.3. The zero-order valence-corrected chi connectivity index (χ0v) is 14.2. The second-order valence-corrected chi connectivity index (χ2v) is 6.65. The molecule has 0 spiro atoms. The summed E-state index contributed by atoms with van der Waals surface area (Å²) in [6, 6.07) is 1.63. The number of morpholine rings is 1. The molecule has 1 aromatic rings. The van der Waals surface area contributed by atoms with Gasteiger partial charge in [0, 0.05) is 24.2 Å². The van der Waals surface area contributed by atoms with Crippen molar-refractivity contribution in [3.8, 4) is 0 Å². The molecule has 126 valence electrons. The number of rotatable bonds is 4. The fourth-order valence-electron chi connectivity index (χ4n) is 2.09. The van der Waals surface area contributed by atoms with Crippen molar-refractivity contribution < 1.29 is 14.3 Å². The molecule has 2 heterocycles. The smallest absolute Gasteiger partial charge is 0.270 e. The average Bonchev–Trinajstić information content (AvgIpc) is 2.51. The van der Waals surface area contributed by atoms with Crippen molar-refractivity contribution in [2.24, 2.45) is 5.41 Å². The van der Waals surface area contributed by atoms with Gasteiger partial charge in [-0.3, -0.25) is 9.59 Å². The normalized spacial score (nSPS) is 15.4. The van der Waals surface area contributed by atoms with Crippen molar-refractivity contribution in [1.29, 1.82) is 0 Å². The largest absolute Gasteiger partial charge is 0.378 e. The Bertz CT molecular complexity index is 589. The van der Waals surface area contributed by atoms with Crippen LogP contribution in [-0.4, -0.2) is 54.5 Å². The minimum atomic E-state index is -0.478. The van der Waals surface area contributed by atoms with Crippen LogP contribution in [0.3, 0.4) is 0 Å². The Balaban J connectivity index is 2.08. The van der Waals surface area contributed by atoms with Gasteiger partial charge in [-0.2, -0.15) is 0 Å². The summed E-state index contributed by atoms with van der Waals surface area (Å²) in [7, 11) is 0. The van der Waals surface area contributed by atoms with Crippen LogP contribution in [0.15, 0.2) is 6.07 Å². The zero-order chi connectivity index (χ0) is 17.0. The minimum absolute atomic E-state index is 0.00171. The van der Waals surface area contributed by atoms with Gasteiger partial charge in [0.1, 0.15) is 5.69 Å². The van der Waals surface area contributed by atoms with E-state index in [0.717, 1.165) is 0 Å². The fourth-order valence-corrected chi connectivity index (χ4v) is 2.09. The maximum Gasteiger partial charge on any atom is 0.270 e. The van der Waals surface area contributed by atoms with Gasteiger partial charge in [0.05, 0.1) is 19.8 Å². The highest BCUT2D eigenvalue weighted by atomic mass is 16.5. The quantitative estimate of drug-likeness (QED) is 0.890. The van der Waals surface area contributed by atoms with E-state index < -0.39 is 5.41 Å². The number of nitrogens with zero attached hydrogens (tertiary/aromatic N) is 3. The fraction of sp³-hybridized carbons (Fsp3) is 0.625. The van der Waals surface area contributed by atoms with Gasteiger partial charge in [0.15, 0.2) is 5.78 Å². The summed E-state index contributed by atoms with van der Waals surface area (Å²) in [5.74, 6) is 0.147. The molecule has 0 saturated carbocycles. The Kier molecular flexibility index (Phi) is 5.30. The van der Waals surface area contributed by atoms with Crippen LogP contribution in [0.2, 0.25) is 0 Å². The number of ether oxygens (including phenoxy) is 1. The highest BCUT2D eigenvalue weighted by Crippen LogP contribution is 2.14. The van der Waals surface area contributed by atoms with Crippen LogP contribution in [-0.2, 0) is 9.53 Å². The van der Waals surface area contributed by atoms with E-state index in [-0.39, 0.29) is 23.9 Å². The van der Waals surface area contributed by atoms with Crippen molar-refractivity contribution >= 4 is 17.6 Å². The summed E-state index contributed by atoms with van der Waals surface area (Å²) in [6.07, 6.45) is 0. The lowest BCUT2D eigenvalue weighted by Crippen LogP contribution is -2.38. The van der Waals surface area contributed by atoms with E-state index in [1.165, 1.54) is 0 Å². The third-order valence-corrected chi connectivity index (χ3v) is 3.61. The molecule has 2 rings (SSSR count). The molecular formula is C16H24N4O3. The molecule has 0 aliphatic carbocycles. The van der Waals surface area contributed by atoms with Gasteiger partial charge in [-0.1, -0.05) is 20.8 Å². The summed E-state index contributed by atoms with van der Waals surface area (Å²) in [5, 5.41) is 2.64. The second-order valence-electron chi connectivity index (χ2n) is 6.65. The molecule has 1 saturated heterocycles. The highest BCUT2D eigenvalue weighted by Gasteiger charge is 2.22. The number of carbonyl (C=O) groups is 2. The number of ketones is 1. The van der Waals surface area contributed by atoms with Crippen LogP contribution in [0.4, 0.5) is 5.95 Å². The lowest BCUT2D eigenvalue weighted by molar-refractivity contribution is -0.125. The summed E-state index contributed by atoms with van der Waals surface area (Å²) in [4.78, 5) is 34.9. The number of hydrogen-bond acceptors (Lipinski definition) is 6. The number of nitrogens with one attached hydrogen (secondary N) is 1. The standard InChI is InChI=1S/C16H24N4O3/c1-11-9-12(14(22)17-10-13(21)16(2,3)4)19-15(18-11)20-5-7-23-8-6-20/h9H,5-8,10H2,1-4H3,(H,17,22). The van der Waals surface area contributed by atoms with Gasteiger partial charge in [0.2, 0.25) is 5.95 Å². The van der Waals surface area contributed by atoms with Crippen LogP contribution in [0.1, 0.15) is 37.0 Å². The molecule has 7 nitrogen and oxygen atoms in total. The molecule has 1 aliphatic rings. The van der Waals surface area contributed by atoms with Gasteiger partial charge in [0.25, 0.3) is 5.91 Å². The highest BCUT2D eigenvalue weighted by molar-refractivity contribution is 5.96. The third-order valence-electron chi connectivity index (χ3n) is 3.61. The number of aromatic nitrogens is 2. The molecule has 1 fully saturated rings. The Hall–Kier alpha value is -2.02. The number of aryl methyl sites for hydroxylation is 1. The molecule has 0 atom stereocenters. The van der Waals surface area contributed by atoms with E-state index in [2.05, 4.69) is 15.3 Å². The molecule has 1 aliphatic heterocycles. The lowest BCUT2D eigenvalue weighted by atomic mass is 9.91. The van der Waals surface area contributed by atoms with Gasteiger partial charge in [-0.05, 0) is 13.0 Å². The Morgan fingerprint density at radius 2 is 1.91 bits per heavy atom. The Labute approximate surface area is 136 Å². The van der Waals surface area contributed by atoms with E-state index in [9.17, 15) is 9.59 Å². The van der Waals surface area contributed by atoms with Crippen LogP contribution >= 0.6 is 0 Å². The van der Waals surface area contributed by atoms with Crippen LogP contribution < -0.4 is 10.2 Å². The van der Waals surface area contributed by atoms with E-state index in [4.69, 9.17) is 4.74 Å². The lowest BCUT2D eigenvalue weighted by Gasteiger charge is -2.27. The molecule has 0 bridgehead atoms. The number of Topliss-reactive ketones (excluding diaryl/α,β-unsaturated/α-hetero) is 1. The average molecular weight is 320 g/mol. The molecule has 7 heteroatoms. The second kappa shape index (κ2) is 7.04. The van der Waals surface area contributed by atoms with Crippen molar-refractivity contribution in [3.05, 3.63) is 17.5 Å². The van der Waals surface area contributed by atoms with Crippen LogP contribution in [0, 0.1) is 12.3 Å². The van der Waals surface area contributed by atoms with Crippen molar-refractivity contribution in [2.45, 2.75) is 27.7 Å². The zero-order valence-electron chi connectivity index (χ0n) is 14.2. The SMILES string of the molecule is Cc1cc(C(=O)NCC(=O)C(C)(C)C)nc(N2CCOCC2)n1. The molecule has 1 N–H and O–H groups in total. The topological polar surface area (TPSA) is 84.4 Å². The van der Waals surface area contributed by atoms with E-state index in [1.54, 1.807) is 6.07 Å². The molecule has 1 aromatic heterocycles. The van der Waals surface area contributed by atoms with Gasteiger partial charge in [-0.15, -0.1) is 0 Å². The first-order chi connectivity index (χ1) is 10.8. The molecule has 23 heavy (non-hydrogen) atoms. The van der Waals surface area contributed by atoms with Gasteiger partial charge >= 0.3 is 0 Å². The van der Waals surface area contributed by atoms with E-state index >= 15 is 0 Å². The summed E-state index contributed by atoms with van der Waals surface area (Å²) >= 11 is 0. The van der Waals surface area contributed by atoms with Crippen LogP contribution in [0.25, 0.3) is 0 Å². The van der Waals surface area contributed by atoms with Gasteiger partial charge < -0.3 is 15.0 Å². The summed E-state index contributed by atoms with van der Waals surface area (Å²) < 4.78 is 5.31. The first kappa shape index (κ1) is 17.3. The van der Waals surface area contributed by atoms with Crippen molar-refractivity contribution in [3.63, 3.8) is 0 Å². The van der Waals surface area contributed by atoms with E-state index in [0.29, 0.717) is 37.9 Å². The third kappa shape index (κ3) is 4.72. The Morgan fingerprint density at radius 1 is 1.26 bits per heavy atom. The molecule has 0 radical (unpaired) electrons. The predicted molar refractivity (Wildman–Crippen MR) is 86.6 cm³/mol. The summed E-state index contributed by atoms with van der Waals surface area (Å²) in [5.41, 5.74) is 0.517. The van der Waals surface area contributed by atoms with Crippen molar-refractivity contribution in [1.82, 2.24) is 15.3 Å². The molecule has 0 unspecified atom stereocenters. The van der Waals surface area contributed by atoms with Gasteiger partial charge in [-0.25, -0.2) is 9.97 Å².